The van der Waals surface area contributed by atoms with E-state index in [9.17, 15) is 9.59 Å². The lowest BCUT2D eigenvalue weighted by molar-refractivity contribution is -0.108. The van der Waals surface area contributed by atoms with E-state index < -0.39 is 17.2 Å². The average Bonchev–Trinajstić information content (AvgIpc) is 2.58. The summed E-state index contributed by atoms with van der Waals surface area (Å²) < 4.78 is 5.49. The fourth-order valence-corrected chi connectivity index (χ4v) is 2.63. The van der Waals surface area contributed by atoms with Crippen molar-refractivity contribution >= 4 is 18.1 Å². The first-order valence-electron chi connectivity index (χ1n) is 6.82. The SMILES string of the molecule is CC(C)(C)OC(=O)N1c2ccccc2CC1(C)CC=O. The zero-order valence-electron chi connectivity index (χ0n) is 12.5. The number of amides is 1. The van der Waals surface area contributed by atoms with Crippen LogP contribution in [0.3, 0.4) is 0 Å². The van der Waals surface area contributed by atoms with Crippen molar-refractivity contribution in [2.24, 2.45) is 0 Å². The zero-order chi connectivity index (χ0) is 15.0. The molecule has 1 aliphatic heterocycles. The maximum atomic E-state index is 12.5. The van der Waals surface area contributed by atoms with E-state index in [0.29, 0.717) is 12.8 Å². The standard InChI is InChI=1S/C16H21NO3/c1-15(2,3)20-14(19)17-13-8-6-5-7-12(13)11-16(17,4)9-10-18/h5-8,10H,9,11H2,1-4H3. The highest BCUT2D eigenvalue weighted by atomic mass is 16.6. The van der Waals surface area contributed by atoms with Gasteiger partial charge < -0.3 is 9.53 Å². The molecule has 2 rings (SSSR count). The van der Waals surface area contributed by atoms with Crippen molar-refractivity contribution < 1.29 is 14.3 Å². The monoisotopic (exact) mass is 275 g/mol. The Morgan fingerprint density at radius 1 is 1.40 bits per heavy atom. The van der Waals surface area contributed by atoms with Gasteiger partial charge in [-0.25, -0.2) is 4.79 Å². The number of anilines is 1. The topological polar surface area (TPSA) is 46.6 Å². The molecule has 4 nitrogen and oxygen atoms in total. The summed E-state index contributed by atoms with van der Waals surface area (Å²) in [5.74, 6) is 0. The van der Waals surface area contributed by atoms with E-state index in [2.05, 4.69) is 0 Å². The Balaban J connectivity index is 2.39. The minimum atomic E-state index is -0.559. The molecule has 0 N–H and O–H groups in total. The summed E-state index contributed by atoms with van der Waals surface area (Å²) in [6, 6.07) is 7.72. The van der Waals surface area contributed by atoms with Gasteiger partial charge in [-0.2, -0.15) is 0 Å². The number of aldehydes is 1. The molecule has 1 heterocycles. The van der Waals surface area contributed by atoms with Crippen LogP contribution in [0.5, 0.6) is 0 Å². The van der Waals surface area contributed by atoms with Gasteiger partial charge in [0.25, 0.3) is 0 Å². The summed E-state index contributed by atoms with van der Waals surface area (Å²) in [5.41, 5.74) is 0.804. The van der Waals surface area contributed by atoms with Crippen molar-refractivity contribution in [2.75, 3.05) is 4.90 Å². The molecular weight excluding hydrogens is 254 g/mol. The van der Waals surface area contributed by atoms with E-state index in [0.717, 1.165) is 17.5 Å². The second-order valence-corrected chi connectivity index (χ2v) is 6.49. The van der Waals surface area contributed by atoms with Gasteiger partial charge in [-0.15, -0.1) is 0 Å². The highest BCUT2D eigenvalue weighted by molar-refractivity contribution is 5.93. The summed E-state index contributed by atoms with van der Waals surface area (Å²) in [6.45, 7) is 7.43. The lowest BCUT2D eigenvalue weighted by Gasteiger charge is -2.35. The van der Waals surface area contributed by atoms with Crippen LogP contribution < -0.4 is 4.90 Å². The lowest BCUT2D eigenvalue weighted by atomic mass is 9.93. The van der Waals surface area contributed by atoms with E-state index in [-0.39, 0.29) is 0 Å². The third kappa shape index (κ3) is 2.69. The molecular formula is C16H21NO3. The van der Waals surface area contributed by atoms with Crippen LogP contribution in [-0.4, -0.2) is 23.5 Å². The van der Waals surface area contributed by atoms with Gasteiger partial charge in [0, 0.05) is 6.42 Å². The number of ether oxygens (including phenoxy) is 1. The van der Waals surface area contributed by atoms with Crippen molar-refractivity contribution in [3.63, 3.8) is 0 Å². The van der Waals surface area contributed by atoms with Crippen LogP contribution in [-0.2, 0) is 16.0 Å². The summed E-state index contributed by atoms with van der Waals surface area (Å²) in [6.07, 6.45) is 1.43. The molecule has 108 valence electrons. The van der Waals surface area contributed by atoms with Crippen molar-refractivity contribution in [3.8, 4) is 0 Å². The molecule has 1 amide bonds. The van der Waals surface area contributed by atoms with Crippen LogP contribution in [0.25, 0.3) is 0 Å². The van der Waals surface area contributed by atoms with Crippen LogP contribution in [0.15, 0.2) is 24.3 Å². The summed E-state index contributed by atoms with van der Waals surface area (Å²) in [4.78, 5) is 25.1. The number of hydrogen-bond acceptors (Lipinski definition) is 3. The maximum Gasteiger partial charge on any atom is 0.415 e. The second-order valence-electron chi connectivity index (χ2n) is 6.49. The Hall–Kier alpha value is -1.84. The fourth-order valence-electron chi connectivity index (χ4n) is 2.63. The predicted molar refractivity (Wildman–Crippen MR) is 77.9 cm³/mol. The molecule has 0 aromatic heterocycles. The number of para-hydroxylation sites is 1. The maximum absolute atomic E-state index is 12.5. The van der Waals surface area contributed by atoms with E-state index >= 15 is 0 Å². The van der Waals surface area contributed by atoms with E-state index in [1.54, 1.807) is 4.90 Å². The van der Waals surface area contributed by atoms with Crippen LogP contribution in [0.1, 0.15) is 39.7 Å². The number of benzene rings is 1. The van der Waals surface area contributed by atoms with Crippen LogP contribution >= 0.6 is 0 Å². The van der Waals surface area contributed by atoms with Gasteiger partial charge in [0.2, 0.25) is 0 Å². The number of carbonyl (C=O) groups is 2. The van der Waals surface area contributed by atoms with Gasteiger partial charge in [-0.1, -0.05) is 18.2 Å². The third-order valence-corrected chi connectivity index (χ3v) is 3.44. The van der Waals surface area contributed by atoms with Gasteiger partial charge in [0.1, 0.15) is 11.9 Å². The van der Waals surface area contributed by atoms with E-state index in [1.807, 2.05) is 52.0 Å². The smallest absolute Gasteiger partial charge is 0.415 e. The van der Waals surface area contributed by atoms with Crippen molar-refractivity contribution in [1.29, 1.82) is 0 Å². The first-order chi connectivity index (χ1) is 9.27. The molecule has 0 saturated heterocycles. The molecule has 0 fully saturated rings. The third-order valence-electron chi connectivity index (χ3n) is 3.44. The molecule has 1 aromatic rings. The summed E-state index contributed by atoms with van der Waals surface area (Å²) in [7, 11) is 0. The molecule has 1 aromatic carbocycles. The van der Waals surface area contributed by atoms with Gasteiger partial charge >= 0.3 is 6.09 Å². The van der Waals surface area contributed by atoms with Crippen LogP contribution in [0, 0.1) is 0 Å². The van der Waals surface area contributed by atoms with E-state index in [1.165, 1.54) is 0 Å². The molecule has 0 spiro atoms. The number of nitrogens with zero attached hydrogens (tertiary/aromatic N) is 1. The highest BCUT2D eigenvalue weighted by Gasteiger charge is 2.44. The molecule has 20 heavy (non-hydrogen) atoms. The largest absolute Gasteiger partial charge is 0.443 e. The normalized spacial score (nSPS) is 21.5. The van der Waals surface area contributed by atoms with Gasteiger partial charge in [0.15, 0.2) is 0 Å². The van der Waals surface area contributed by atoms with Crippen molar-refractivity contribution in [3.05, 3.63) is 29.8 Å². The minimum Gasteiger partial charge on any atom is -0.443 e. The molecule has 1 atom stereocenters. The zero-order valence-corrected chi connectivity index (χ0v) is 12.5. The summed E-state index contributed by atoms with van der Waals surface area (Å²) in [5, 5.41) is 0. The molecule has 0 bridgehead atoms. The lowest BCUT2D eigenvalue weighted by Crippen LogP contribution is -2.50. The Bertz CT molecular complexity index is 533. The Morgan fingerprint density at radius 2 is 2.05 bits per heavy atom. The van der Waals surface area contributed by atoms with Crippen LogP contribution in [0.4, 0.5) is 10.5 Å². The van der Waals surface area contributed by atoms with Gasteiger partial charge in [-0.05, 0) is 45.7 Å². The molecule has 0 saturated carbocycles. The highest BCUT2D eigenvalue weighted by Crippen LogP contribution is 2.41. The minimum absolute atomic E-state index is 0.293. The first-order valence-corrected chi connectivity index (χ1v) is 6.82. The van der Waals surface area contributed by atoms with Crippen LogP contribution in [0.2, 0.25) is 0 Å². The predicted octanol–water partition coefficient (Wildman–Crippen LogP) is 3.33. The second kappa shape index (κ2) is 4.93. The number of carbonyl (C=O) groups excluding carboxylic acids is 2. The molecule has 1 aliphatic rings. The number of hydrogen-bond donors (Lipinski definition) is 0. The Morgan fingerprint density at radius 3 is 2.65 bits per heavy atom. The molecule has 4 heteroatoms. The van der Waals surface area contributed by atoms with Crippen molar-refractivity contribution in [1.82, 2.24) is 0 Å². The first kappa shape index (κ1) is 14.6. The number of rotatable bonds is 2. The Labute approximate surface area is 119 Å². The molecule has 1 unspecified atom stereocenters. The van der Waals surface area contributed by atoms with Gasteiger partial charge in [-0.3, -0.25) is 4.90 Å². The fraction of sp³-hybridized carbons (Fsp3) is 0.500. The summed E-state index contributed by atoms with van der Waals surface area (Å²) >= 11 is 0. The van der Waals surface area contributed by atoms with E-state index in [4.69, 9.17) is 4.74 Å². The quantitative estimate of drug-likeness (QED) is 0.778. The van der Waals surface area contributed by atoms with Gasteiger partial charge in [0.05, 0.1) is 11.2 Å². The van der Waals surface area contributed by atoms with Crippen molar-refractivity contribution in [2.45, 2.75) is 51.7 Å². The molecule has 0 radical (unpaired) electrons. The number of fused-ring (bicyclic) bond motifs is 1. The molecule has 0 aliphatic carbocycles. The Kier molecular flexibility index (Phi) is 3.59. The average molecular weight is 275 g/mol.